The van der Waals surface area contributed by atoms with Crippen LogP contribution in [0.5, 0.6) is 5.88 Å². The highest BCUT2D eigenvalue weighted by Crippen LogP contribution is 2.35. The molecule has 1 aromatic rings. The Kier molecular flexibility index (Phi) is 4.16. The van der Waals surface area contributed by atoms with Crippen LogP contribution in [-0.4, -0.2) is 16.8 Å². The predicted molar refractivity (Wildman–Crippen MR) is 79.6 cm³/mol. The van der Waals surface area contributed by atoms with Crippen LogP contribution in [0.15, 0.2) is 17.2 Å². The summed E-state index contributed by atoms with van der Waals surface area (Å²) in [7, 11) is 0. The number of nitrogen functional groups attached to an aromatic ring is 1. The number of rotatable bonds is 5. The molecule has 3 rings (SSSR count). The minimum absolute atomic E-state index is 0.632. The number of aromatic nitrogens is 1. The van der Waals surface area contributed by atoms with Crippen molar-refractivity contribution in [1.29, 1.82) is 0 Å². The lowest BCUT2D eigenvalue weighted by Crippen LogP contribution is -2.09. The van der Waals surface area contributed by atoms with Crippen molar-refractivity contribution in [1.82, 2.24) is 4.98 Å². The molecule has 0 unspecified atom stereocenters. The van der Waals surface area contributed by atoms with Gasteiger partial charge in [0, 0.05) is 5.25 Å². The van der Waals surface area contributed by atoms with E-state index in [1.54, 1.807) is 0 Å². The predicted octanol–water partition coefficient (Wildman–Crippen LogP) is 3.88. The van der Waals surface area contributed by atoms with Crippen LogP contribution in [0.25, 0.3) is 0 Å². The third kappa shape index (κ3) is 3.78. The van der Waals surface area contributed by atoms with Crippen LogP contribution in [0, 0.1) is 5.92 Å². The average Bonchev–Trinajstić information content (AvgIpc) is 3.25. The van der Waals surface area contributed by atoms with Gasteiger partial charge < -0.3 is 10.5 Å². The number of anilines is 1. The third-order valence-electron chi connectivity index (χ3n) is 3.86. The van der Waals surface area contributed by atoms with Crippen molar-refractivity contribution in [2.24, 2.45) is 5.92 Å². The van der Waals surface area contributed by atoms with Crippen LogP contribution in [0.2, 0.25) is 0 Å². The first kappa shape index (κ1) is 13.1. The fraction of sp³-hybridized carbons (Fsp3) is 0.667. The van der Waals surface area contributed by atoms with Crippen LogP contribution in [0.3, 0.4) is 0 Å². The maximum atomic E-state index is 5.93. The highest BCUT2D eigenvalue weighted by atomic mass is 32.2. The first-order chi connectivity index (χ1) is 9.31. The largest absolute Gasteiger partial charge is 0.476 e. The molecule has 3 nitrogen and oxygen atoms in total. The Balaban J connectivity index is 1.61. The molecule has 0 saturated heterocycles. The number of hydrogen-bond donors (Lipinski definition) is 1. The van der Waals surface area contributed by atoms with E-state index in [1.807, 2.05) is 23.9 Å². The number of pyridine rings is 1. The summed E-state index contributed by atoms with van der Waals surface area (Å²) in [6.45, 7) is 0.773. The summed E-state index contributed by atoms with van der Waals surface area (Å²) in [6.07, 6.45) is 9.31. The molecule has 1 aromatic heterocycles. The fourth-order valence-electron chi connectivity index (χ4n) is 2.45. The second-order valence-electron chi connectivity index (χ2n) is 5.68. The zero-order valence-electron chi connectivity index (χ0n) is 11.3. The van der Waals surface area contributed by atoms with Crippen LogP contribution in [0.1, 0.15) is 44.9 Å². The molecule has 104 valence electrons. The molecule has 2 N–H and O–H groups in total. The molecule has 0 amide bonds. The zero-order valence-corrected chi connectivity index (χ0v) is 12.1. The van der Waals surface area contributed by atoms with E-state index in [-0.39, 0.29) is 0 Å². The Labute approximate surface area is 119 Å². The van der Waals surface area contributed by atoms with Crippen molar-refractivity contribution in [2.45, 2.75) is 55.2 Å². The summed E-state index contributed by atoms with van der Waals surface area (Å²) in [5.41, 5.74) is 6.59. The summed E-state index contributed by atoms with van der Waals surface area (Å²) in [5, 5.41) is 1.79. The number of nitrogens with zero attached hydrogens (tertiary/aromatic N) is 1. The number of ether oxygens (including phenoxy) is 1. The molecule has 2 aliphatic carbocycles. The second-order valence-corrected chi connectivity index (χ2v) is 7.00. The molecular weight excluding hydrogens is 256 g/mol. The molecule has 0 radical (unpaired) electrons. The van der Waals surface area contributed by atoms with E-state index in [0.29, 0.717) is 11.6 Å². The fourth-order valence-corrected chi connectivity index (χ4v) is 3.64. The smallest absolute Gasteiger partial charge is 0.238 e. The van der Waals surface area contributed by atoms with Gasteiger partial charge in [-0.15, -0.1) is 11.8 Å². The van der Waals surface area contributed by atoms with Gasteiger partial charge in [0.2, 0.25) is 5.88 Å². The van der Waals surface area contributed by atoms with E-state index in [2.05, 4.69) is 4.98 Å². The standard InChI is InChI=1S/C15H22N2OS/c16-13-8-9-14(19-12-4-2-1-3-5-12)17-15(13)18-10-11-6-7-11/h8-9,11-12H,1-7,10,16H2. The number of hydrogen-bond acceptors (Lipinski definition) is 4. The average molecular weight is 278 g/mol. The Morgan fingerprint density at radius 1 is 1.16 bits per heavy atom. The van der Waals surface area contributed by atoms with Gasteiger partial charge in [-0.25, -0.2) is 4.98 Å². The van der Waals surface area contributed by atoms with Crippen molar-refractivity contribution in [3.05, 3.63) is 12.1 Å². The number of thioether (sulfide) groups is 1. The summed E-state index contributed by atoms with van der Waals surface area (Å²) in [5.74, 6) is 1.36. The highest BCUT2D eigenvalue weighted by molar-refractivity contribution is 7.99. The second kappa shape index (κ2) is 6.04. The highest BCUT2D eigenvalue weighted by Gasteiger charge is 2.23. The minimum Gasteiger partial charge on any atom is -0.476 e. The van der Waals surface area contributed by atoms with Crippen molar-refractivity contribution >= 4 is 17.4 Å². The lowest BCUT2D eigenvalue weighted by Gasteiger charge is -2.20. The van der Waals surface area contributed by atoms with E-state index in [1.165, 1.54) is 44.9 Å². The van der Waals surface area contributed by atoms with E-state index < -0.39 is 0 Å². The van der Waals surface area contributed by atoms with Crippen molar-refractivity contribution in [2.75, 3.05) is 12.3 Å². The maximum absolute atomic E-state index is 5.93. The zero-order chi connectivity index (χ0) is 13.1. The van der Waals surface area contributed by atoms with E-state index >= 15 is 0 Å². The Morgan fingerprint density at radius 3 is 2.68 bits per heavy atom. The molecule has 0 atom stereocenters. The molecule has 2 fully saturated rings. The normalized spacial score (nSPS) is 20.4. The lowest BCUT2D eigenvalue weighted by atomic mass is 10.0. The molecule has 0 spiro atoms. The molecule has 0 bridgehead atoms. The van der Waals surface area contributed by atoms with E-state index in [0.717, 1.165) is 22.8 Å². The van der Waals surface area contributed by atoms with Crippen LogP contribution in [0.4, 0.5) is 5.69 Å². The van der Waals surface area contributed by atoms with Gasteiger partial charge in [-0.05, 0) is 43.7 Å². The summed E-state index contributed by atoms with van der Waals surface area (Å²) < 4.78 is 5.74. The van der Waals surface area contributed by atoms with Crippen molar-refractivity contribution in [3.63, 3.8) is 0 Å². The van der Waals surface area contributed by atoms with Crippen LogP contribution >= 0.6 is 11.8 Å². The monoisotopic (exact) mass is 278 g/mol. The van der Waals surface area contributed by atoms with Gasteiger partial charge in [0.15, 0.2) is 0 Å². The quantitative estimate of drug-likeness (QED) is 0.888. The third-order valence-corrected chi connectivity index (χ3v) is 5.13. The van der Waals surface area contributed by atoms with Gasteiger partial charge in [-0.1, -0.05) is 19.3 Å². The molecule has 19 heavy (non-hydrogen) atoms. The van der Waals surface area contributed by atoms with Gasteiger partial charge in [0.05, 0.1) is 12.3 Å². The Bertz CT molecular complexity index is 428. The molecular formula is C15H22N2OS. The van der Waals surface area contributed by atoms with Crippen LogP contribution in [-0.2, 0) is 0 Å². The van der Waals surface area contributed by atoms with Crippen LogP contribution < -0.4 is 10.5 Å². The number of nitrogens with two attached hydrogens (primary N) is 1. The summed E-state index contributed by atoms with van der Waals surface area (Å²) >= 11 is 1.89. The molecule has 2 aliphatic rings. The lowest BCUT2D eigenvalue weighted by molar-refractivity contribution is 0.288. The SMILES string of the molecule is Nc1ccc(SC2CCCCC2)nc1OCC1CC1. The van der Waals surface area contributed by atoms with Gasteiger partial charge in [-0.3, -0.25) is 0 Å². The van der Waals surface area contributed by atoms with E-state index in [4.69, 9.17) is 10.5 Å². The summed E-state index contributed by atoms with van der Waals surface area (Å²) in [4.78, 5) is 4.58. The van der Waals surface area contributed by atoms with Gasteiger partial charge in [0.1, 0.15) is 5.03 Å². The summed E-state index contributed by atoms with van der Waals surface area (Å²) in [6, 6.07) is 3.96. The maximum Gasteiger partial charge on any atom is 0.238 e. The first-order valence-electron chi connectivity index (χ1n) is 7.37. The molecule has 0 aromatic carbocycles. The minimum atomic E-state index is 0.632. The van der Waals surface area contributed by atoms with E-state index in [9.17, 15) is 0 Å². The first-order valence-corrected chi connectivity index (χ1v) is 8.25. The van der Waals surface area contributed by atoms with Gasteiger partial charge in [-0.2, -0.15) is 0 Å². The molecule has 4 heteroatoms. The Morgan fingerprint density at radius 2 is 1.95 bits per heavy atom. The Hall–Kier alpha value is -0.900. The molecule has 2 saturated carbocycles. The molecule has 0 aliphatic heterocycles. The van der Waals surface area contributed by atoms with Crippen molar-refractivity contribution in [3.8, 4) is 5.88 Å². The van der Waals surface area contributed by atoms with Crippen molar-refractivity contribution < 1.29 is 4.74 Å². The molecule has 1 heterocycles. The van der Waals surface area contributed by atoms with Gasteiger partial charge >= 0.3 is 0 Å². The topological polar surface area (TPSA) is 48.1 Å². The van der Waals surface area contributed by atoms with Gasteiger partial charge in [0.25, 0.3) is 0 Å².